The van der Waals surface area contributed by atoms with Gasteiger partial charge in [0.25, 0.3) is 6.33 Å². The van der Waals surface area contributed by atoms with E-state index in [1.54, 1.807) is 0 Å². The summed E-state index contributed by atoms with van der Waals surface area (Å²) in [7, 11) is 0. The van der Waals surface area contributed by atoms with Crippen LogP contribution in [-0.4, -0.2) is 14.1 Å². The van der Waals surface area contributed by atoms with Gasteiger partial charge in [-0.2, -0.15) is 18.2 Å². The summed E-state index contributed by atoms with van der Waals surface area (Å²) in [4.78, 5) is 4.97. The summed E-state index contributed by atoms with van der Waals surface area (Å²) >= 11 is 0. The van der Waals surface area contributed by atoms with Crippen LogP contribution in [0.1, 0.15) is 77.6 Å². The third-order valence-electron chi connectivity index (χ3n) is 15.1. The molecule has 0 aliphatic carbocycles. The number of nitrogens with zero attached hydrogens (tertiary/aromatic N) is 4. The van der Waals surface area contributed by atoms with Crippen molar-refractivity contribution in [3.05, 3.63) is 259 Å². The average molecular weight is 1190 g/mol. The minimum absolute atomic E-state index is 0. The van der Waals surface area contributed by atoms with Crippen LogP contribution in [0.2, 0.25) is 0 Å². The molecular weight excluding hydrogens is 1130 g/mol. The fraction of sp³-hybridized carbons (Fsp3) is 0.167. The van der Waals surface area contributed by atoms with E-state index in [4.69, 9.17) is 9.72 Å². The van der Waals surface area contributed by atoms with Crippen LogP contribution in [0.3, 0.4) is 0 Å². The summed E-state index contributed by atoms with van der Waals surface area (Å²) in [6.07, 6.45) is 6.71. The monoisotopic (exact) mass is 1190 g/mol. The van der Waals surface area contributed by atoms with Crippen LogP contribution in [0.5, 0.6) is 11.5 Å². The number of fused-ring (bicyclic) bond motifs is 4. The molecule has 0 unspecified atom stereocenters. The van der Waals surface area contributed by atoms with Gasteiger partial charge in [0.15, 0.2) is 0 Å². The second kappa shape index (κ2) is 20.7. The molecule has 0 radical (unpaired) electrons. The molecule has 0 aliphatic rings. The van der Waals surface area contributed by atoms with Crippen LogP contribution in [-0.2, 0) is 43.7 Å². The zero-order valence-electron chi connectivity index (χ0n) is 45.5. The molecule has 0 amide bonds. The van der Waals surface area contributed by atoms with Gasteiger partial charge in [0, 0.05) is 44.3 Å². The second-order valence-corrected chi connectivity index (χ2v) is 23.1. The van der Waals surface area contributed by atoms with Gasteiger partial charge in [0.05, 0.1) is 16.7 Å². The number of imidazole rings is 1. The van der Waals surface area contributed by atoms with Crippen LogP contribution in [0.15, 0.2) is 219 Å². The molecule has 0 atom stereocenters. The maximum atomic E-state index is 6.81. The Kier molecular flexibility index (Phi) is 13.8. The van der Waals surface area contributed by atoms with Crippen molar-refractivity contribution >= 4 is 32.8 Å². The minimum Gasteiger partial charge on any atom is -0.510 e. The van der Waals surface area contributed by atoms with Crippen LogP contribution >= 0.6 is 0 Å². The smallest absolute Gasteiger partial charge is 0.268 e. The minimum atomic E-state index is -0.0698. The van der Waals surface area contributed by atoms with E-state index < -0.39 is 0 Å². The topological polar surface area (TPSA) is 35.9 Å². The van der Waals surface area contributed by atoms with Crippen molar-refractivity contribution in [2.24, 2.45) is 0 Å². The molecule has 0 fully saturated rings. The molecule has 9 aromatic carbocycles. The van der Waals surface area contributed by atoms with E-state index >= 15 is 0 Å². The Balaban J connectivity index is 0.00000645. The second-order valence-electron chi connectivity index (χ2n) is 23.1. The van der Waals surface area contributed by atoms with Crippen LogP contribution < -0.4 is 9.30 Å². The molecule has 3 aromatic heterocycles. The van der Waals surface area contributed by atoms with Gasteiger partial charge < -0.3 is 13.9 Å². The average Bonchev–Trinajstić information content (AvgIpc) is 4.18. The molecule has 12 rings (SSSR count). The van der Waals surface area contributed by atoms with Gasteiger partial charge in [-0.1, -0.05) is 219 Å². The van der Waals surface area contributed by atoms with Gasteiger partial charge >= 0.3 is 0 Å². The predicted octanol–water partition coefficient (Wildman–Crippen LogP) is 17.7. The van der Waals surface area contributed by atoms with E-state index in [9.17, 15) is 0 Å². The van der Waals surface area contributed by atoms with Crippen molar-refractivity contribution in [1.29, 1.82) is 0 Å². The molecule has 12 aromatic rings. The van der Waals surface area contributed by atoms with E-state index in [-0.39, 0.29) is 37.3 Å². The molecule has 0 spiro atoms. The van der Waals surface area contributed by atoms with Crippen molar-refractivity contribution in [1.82, 2.24) is 14.1 Å². The van der Waals surface area contributed by atoms with Crippen molar-refractivity contribution in [3.63, 3.8) is 0 Å². The Hall–Kier alpha value is -8.11. The standard InChI is InChI=1S/C72H62N4O.Pt/c1-70(2,3)55-41-53(42-56(44-55)71(4,5)6)61-32-21-31-60(51-24-14-10-15-25-51)69(61)75-48-74(65-37-34-52(43-67(65)75)50-22-12-9-13-23-50)57-28-20-29-58(45-57)77-59-35-36-63-62-30-18-19-33-64(62)76(66(63)46-59)68-40-49(38-39-73-68)47-72(7,8)54-26-16-11-17-27-54;/h9-44H,47H2,1-8H3;/q-2;. The summed E-state index contributed by atoms with van der Waals surface area (Å²) in [6.45, 7) is 18.4. The van der Waals surface area contributed by atoms with Crippen molar-refractivity contribution in [2.75, 3.05) is 0 Å². The molecule has 6 heteroatoms. The number of hydrogen-bond acceptors (Lipinski definition) is 2. The van der Waals surface area contributed by atoms with E-state index in [0.717, 1.165) is 84.3 Å². The number of ether oxygens (including phenoxy) is 1. The summed E-state index contributed by atoms with van der Waals surface area (Å²) in [5, 5.41) is 2.20. The van der Waals surface area contributed by atoms with Crippen molar-refractivity contribution in [3.8, 4) is 62.1 Å². The molecule has 0 N–H and O–H groups in total. The number of hydrogen-bond donors (Lipinski definition) is 0. The Morgan fingerprint density at radius 2 is 1.12 bits per heavy atom. The SMILES string of the molecule is CC(C)(C)c1cc(-c2cccc(-c3ccccc3)c2-[n+]2[c-]n(-c3[c-]c(Oc4[c-]c5c(cc4)c4ccccc4n5-c4cc(CC(C)(C)c5ccccc5)ccn4)ccc3)c3ccc(-c4ccccc4)cc32)cc(C(C)(C)C)c1.[Pt]. The Labute approximate surface area is 473 Å². The first kappa shape index (κ1) is 52.0. The molecule has 0 saturated heterocycles. The first-order valence-electron chi connectivity index (χ1n) is 26.7. The Morgan fingerprint density at radius 3 is 1.82 bits per heavy atom. The molecule has 5 nitrogen and oxygen atoms in total. The van der Waals surface area contributed by atoms with E-state index in [1.807, 2.05) is 24.4 Å². The number of rotatable bonds is 11. The van der Waals surface area contributed by atoms with Gasteiger partial charge in [0.1, 0.15) is 5.82 Å². The maximum absolute atomic E-state index is 6.81. The van der Waals surface area contributed by atoms with Crippen LogP contribution in [0.4, 0.5) is 0 Å². The van der Waals surface area contributed by atoms with Crippen molar-refractivity contribution < 1.29 is 30.4 Å². The molecule has 0 aliphatic heterocycles. The van der Waals surface area contributed by atoms with Gasteiger partial charge in [0.2, 0.25) is 0 Å². The largest absolute Gasteiger partial charge is 0.510 e. The fourth-order valence-corrected chi connectivity index (χ4v) is 10.9. The number of pyridine rings is 1. The molecule has 0 saturated carbocycles. The van der Waals surface area contributed by atoms with E-state index in [1.165, 1.54) is 27.8 Å². The maximum Gasteiger partial charge on any atom is 0.268 e. The molecule has 3 heterocycles. The number of aromatic nitrogens is 4. The number of benzene rings is 9. The first-order chi connectivity index (χ1) is 37.2. The van der Waals surface area contributed by atoms with Gasteiger partial charge in [-0.25, -0.2) is 4.98 Å². The Morgan fingerprint density at radius 1 is 0.487 bits per heavy atom. The third kappa shape index (κ3) is 10.0. The summed E-state index contributed by atoms with van der Waals surface area (Å²) in [5.41, 5.74) is 17.5. The van der Waals surface area contributed by atoms with Gasteiger partial charge in [-0.3, -0.25) is 4.57 Å². The molecule has 0 bridgehead atoms. The van der Waals surface area contributed by atoms with Gasteiger partial charge in [-0.05, 0) is 114 Å². The van der Waals surface area contributed by atoms with E-state index in [2.05, 4.69) is 282 Å². The quantitative estimate of drug-likeness (QED) is 0.0956. The normalized spacial score (nSPS) is 12.1. The predicted molar refractivity (Wildman–Crippen MR) is 317 cm³/mol. The zero-order valence-corrected chi connectivity index (χ0v) is 47.8. The van der Waals surface area contributed by atoms with E-state index in [0.29, 0.717) is 11.5 Å². The third-order valence-corrected chi connectivity index (χ3v) is 15.1. The fourth-order valence-electron chi connectivity index (χ4n) is 10.9. The zero-order chi connectivity index (χ0) is 53.1. The summed E-state index contributed by atoms with van der Waals surface area (Å²) in [5.74, 6) is 1.98. The first-order valence-corrected chi connectivity index (χ1v) is 26.7. The molecule has 78 heavy (non-hydrogen) atoms. The van der Waals surface area contributed by atoms with Crippen LogP contribution in [0, 0.1) is 18.5 Å². The van der Waals surface area contributed by atoms with Gasteiger partial charge in [-0.15, -0.1) is 29.7 Å². The van der Waals surface area contributed by atoms with Crippen LogP contribution in [0.25, 0.3) is 83.4 Å². The Bertz CT molecular complexity index is 4110. The molecular formula is C72H62N4OPt-2. The summed E-state index contributed by atoms with van der Waals surface area (Å²) < 4.78 is 13.4. The number of para-hydroxylation sites is 2. The van der Waals surface area contributed by atoms with Crippen molar-refractivity contribution in [2.45, 2.75) is 78.1 Å². The molecule has 388 valence electrons. The summed E-state index contributed by atoms with van der Waals surface area (Å²) in [6, 6.07) is 83.1.